The average molecular weight is 1910 g/mol. The van der Waals surface area contributed by atoms with Gasteiger partial charge in [0.25, 0.3) is 33.7 Å². The number of anilines is 5. The van der Waals surface area contributed by atoms with E-state index in [1.165, 1.54) is 160 Å². The quantitative estimate of drug-likeness (QED) is 0.0522. The molecule has 6 amide bonds. The second-order valence-corrected chi connectivity index (χ2v) is 33.6. The molecule has 1 aliphatic heterocycles. The second kappa shape index (κ2) is 43.0. The minimum Gasteiger partial charge on any atom is -0.346 e. The van der Waals surface area contributed by atoms with Gasteiger partial charge in [-0.05, 0) is 142 Å². The monoisotopic (exact) mass is 1910 g/mol. The van der Waals surface area contributed by atoms with E-state index in [4.69, 9.17) is 0 Å². The fraction of sp³-hybridized carbons (Fsp3) is 0.292. The predicted molar refractivity (Wildman–Crippen MR) is 527 cm³/mol. The first-order chi connectivity index (χ1) is 66.7. The fourth-order valence-corrected chi connectivity index (χ4v) is 16.1. The first-order valence-corrected chi connectivity index (χ1v) is 44.3. The fourth-order valence-electron chi connectivity index (χ4n) is 16.1. The highest BCUT2D eigenvalue weighted by molar-refractivity contribution is 6.10. The molecule has 10 aromatic heterocycles. The zero-order valence-electron chi connectivity index (χ0n) is 79.6. The Kier molecular flexibility index (Phi) is 30.7. The number of aromatic nitrogens is 20. The number of hydrogen-bond donors (Lipinski definition) is 6. The van der Waals surface area contributed by atoms with Gasteiger partial charge in [0, 0.05) is 105 Å². The van der Waals surface area contributed by atoms with Crippen LogP contribution in [0.3, 0.4) is 0 Å². The van der Waals surface area contributed by atoms with E-state index >= 15 is 0 Å². The van der Waals surface area contributed by atoms with E-state index in [-0.39, 0.29) is 130 Å². The third kappa shape index (κ3) is 21.7. The number of Topliss-reactive ketones (excluding diaryl/α,β-unsaturated/α-hetero) is 1. The smallest absolute Gasteiger partial charge is 0.332 e. The van der Waals surface area contributed by atoms with Crippen molar-refractivity contribution in [3.05, 3.63) is 320 Å². The van der Waals surface area contributed by atoms with Crippen LogP contribution < -0.4 is 88.1 Å². The maximum atomic E-state index is 13.0. The highest BCUT2D eigenvalue weighted by Crippen LogP contribution is 2.25. The van der Waals surface area contributed by atoms with Crippen LogP contribution in [0.25, 0.3) is 55.8 Å². The molecule has 1 saturated heterocycles. The van der Waals surface area contributed by atoms with Gasteiger partial charge in [0.1, 0.15) is 32.7 Å². The van der Waals surface area contributed by atoms with Crippen LogP contribution in [0.4, 0.5) is 28.4 Å². The lowest BCUT2D eigenvalue weighted by Crippen LogP contribution is -2.41. The van der Waals surface area contributed by atoms with E-state index in [9.17, 15) is 81.5 Å². The summed E-state index contributed by atoms with van der Waals surface area (Å²) in [5.74, 6) is -2.00. The van der Waals surface area contributed by atoms with E-state index in [1.54, 1.807) is 68.7 Å². The van der Waals surface area contributed by atoms with Gasteiger partial charge in [-0.25, -0.2) is 48.9 Å². The molecule has 6 N–H and O–H groups in total. The Balaban J connectivity index is 0.000000148. The van der Waals surface area contributed by atoms with Crippen molar-refractivity contribution < 1.29 is 33.6 Å². The first kappa shape index (κ1) is 100.0. The van der Waals surface area contributed by atoms with Crippen molar-refractivity contribution >= 4 is 125 Å². The molecule has 0 bridgehead atoms. The molecule has 17 rings (SSSR count). The van der Waals surface area contributed by atoms with Gasteiger partial charge in [-0.15, -0.1) is 0 Å². The number of likely N-dealkylation sites (tertiary alicyclic amines) is 1. The molecule has 44 nitrogen and oxygen atoms in total. The molecule has 0 spiro atoms. The van der Waals surface area contributed by atoms with Gasteiger partial charge in [0.2, 0.25) is 29.5 Å². The number of hydrogen-bond acceptors (Lipinski definition) is 23. The van der Waals surface area contributed by atoms with Crippen LogP contribution >= 0.6 is 0 Å². The normalized spacial score (nSPS) is 12.0. The number of nitrogens with zero attached hydrogens (tertiary/aromatic N) is 21. The number of aryl methyl sites for hydroxylation is 9. The Morgan fingerprint density at radius 2 is 0.714 bits per heavy atom. The molecule has 1 aliphatic rings. The van der Waals surface area contributed by atoms with Crippen molar-refractivity contribution in [1.29, 1.82) is 0 Å². The van der Waals surface area contributed by atoms with Gasteiger partial charge < -0.3 is 59.6 Å². The summed E-state index contributed by atoms with van der Waals surface area (Å²) in [5.41, 5.74) is 6.28. The number of para-hydroxylation sites is 3. The summed E-state index contributed by atoms with van der Waals surface area (Å²) in [6.07, 6.45) is 11.3. The lowest BCUT2D eigenvalue weighted by molar-refractivity contribution is -0.122. The molecule has 44 heteroatoms. The maximum absolute atomic E-state index is 13.0. The average Bonchev–Trinajstić information content (AvgIpc) is 1.62. The SMILES string of the molecule is CC(=O)c1ccc(NC(=O)Cn2cnc3c2c(=O)n(C)c(=O)n3C)cc1.CCc1cccc(C)c1NC(=O)Cn1cnc2c1c(=O)n(C)c(=O)n2C.Cc1cccc(NC(=O)c2ccccc2NC(=O)Cn2cnc3c2c(=O)n(C)c(=O)n3C)c1.Cc1ccccc1NC(=O)Cn1cnc2c1c(=O)n(C)c(=O)n2C.Cn1c(=O)c2c(ncn2CC(=O)NC(CN2CCCCC2)c2ccccc2)n(C)c1=O. The summed E-state index contributed by atoms with van der Waals surface area (Å²) >= 11 is 0. The van der Waals surface area contributed by atoms with E-state index in [0.717, 1.165) is 82.4 Å². The number of rotatable bonds is 22. The van der Waals surface area contributed by atoms with E-state index in [0.29, 0.717) is 33.9 Å². The summed E-state index contributed by atoms with van der Waals surface area (Å²) in [7, 11) is 14.6. The standard InChI is InChI=1S/C23H22N6O4.C22H28N6O3.C18H21N5O3.C17H17N5O4.C16H17N5O3/c1-14-7-6-8-15(11-14)25-21(31)16-9-4-5-10-17(16)26-18(30)12-29-13-24-20-19(29)22(32)28(3)23(33)27(20)2;1-25-20-19(21(30)26(2)22(25)31)28(15-23-20)14-18(29)24-17(16-9-5-3-6-10-16)13-27-11-7-4-8-12-27;1-5-12-8-6-7-11(2)14(12)20-13(24)9-23-10-19-16-15(23)17(25)22(4)18(26)21(16)3;1-10(23)11-4-6-12(7-5-11)19-13(24)8-22-9-18-15-14(22)16(25)21(3)17(26)20(15)2;1-10-6-4-5-7-11(10)18-12(22)8-21-9-17-14-13(21)15(23)20(3)16(24)19(14)2/h4-11,13H,12H2,1-3H3,(H,25,31)(H,26,30);3,5-6,9-10,15,17H,4,7-8,11-14H2,1-2H3,(H,24,29);6-8,10H,5,9H2,1-4H3,(H,20,24);4-7,9H,8H2,1-3H3,(H,19,24);4-7,9H,8H2,1-3H3,(H,18,22). The second-order valence-electron chi connectivity index (χ2n) is 33.6. The number of piperidine rings is 1. The molecule has 1 atom stereocenters. The number of ketones is 1. The van der Waals surface area contributed by atoms with Crippen LogP contribution in [0, 0.1) is 20.8 Å². The molecule has 1 fully saturated rings. The summed E-state index contributed by atoms with van der Waals surface area (Å²) < 4.78 is 18.6. The number of benzene rings is 6. The van der Waals surface area contributed by atoms with Crippen LogP contribution in [0.15, 0.2) is 225 Å². The van der Waals surface area contributed by atoms with Crippen LogP contribution in [-0.4, -0.2) is 159 Å². The Morgan fingerprint density at radius 1 is 0.350 bits per heavy atom. The Bertz CT molecular complexity index is 8220. The first-order valence-electron chi connectivity index (χ1n) is 44.3. The maximum Gasteiger partial charge on any atom is 0.332 e. The third-order valence-corrected chi connectivity index (χ3v) is 23.8. The van der Waals surface area contributed by atoms with Gasteiger partial charge in [-0.2, -0.15) is 0 Å². The van der Waals surface area contributed by atoms with Crippen LogP contribution in [0.1, 0.15) is 87.7 Å². The van der Waals surface area contributed by atoms with Crippen LogP contribution in [0.5, 0.6) is 0 Å². The minimum atomic E-state index is -0.545. The van der Waals surface area contributed by atoms with E-state index < -0.39 is 62.2 Å². The van der Waals surface area contributed by atoms with Crippen molar-refractivity contribution in [3.63, 3.8) is 0 Å². The van der Waals surface area contributed by atoms with Crippen LogP contribution in [0.2, 0.25) is 0 Å². The molecule has 11 heterocycles. The van der Waals surface area contributed by atoms with Gasteiger partial charge in [0.05, 0.1) is 48.9 Å². The molecule has 0 radical (unpaired) electrons. The lowest BCUT2D eigenvalue weighted by atomic mass is 10.0. The molecule has 140 heavy (non-hydrogen) atoms. The predicted octanol–water partition coefficient (Wildman–Crippen LogP) is 4.01. The summed E-state index contributed by atoms with van der Waals surface area (Å²) in [6.45, 7) is 11.5. The zero-order valence-corrected chi connectivity index (χ0v) is 79.6. The molecule has 6 aromatic carbocycles. The van der Waals surface area contributed by atoms with Crippen LogP contribution in [-0.2, 0) is 134 Å². The number of carbonyl (C=O) groups excluding carboxylic acids is 7. The molecular weight excluding hydrogens is 1800 g/mol. The van der Waals surface area contributed by atoms with Gasteiger partial charge >= 0.3 is 28.4 Å². The van der Waals surface area contributed by atoms with Crippen molar-refractivity contribution in [2.75, 3.05) is 46.2 Å². The molecule has 726 valence electrons. The number of fused-ring (bicyclic) bond motifs is 5. The number of carbonyl (C=O) groups is 7. The Labute approximate surface area is 794 Å². The Hall–Kier alpha value is -17.5. The molecular formula is C96H105N27O17. The largest absolute Gasteiger partial charge is 0.346 e. The molecule has 0 saturated carbocycles. The van der Waals surface area contributed by atoms with Crippen molar-refractivity contribution in [1.82, 2.24) is 104 Å². The van der Waals surface area contributed by atoms with Gasteiger partial charge in [-0.1, -0.05) is 104 Å². The summed E-state index contributed by atoms with van der Waals surface area (Å²) in [5, 5.41) is 17.1. The van der Waals surface area contributed by atoms with Crippen molar-refractivity contribution in [3.8, 4) is 0 Å². The van der Waals surface area contributed by atoms with Crippen molar-refractivity contribution in [2.24, 2.45) is 70.5 Å². The molecule has 16 aromatic rings. The highest BCUT2D eigenvalue weighted by Gasteiger charge is 2.27. The number of nitrogens with one attached hydrogen (secondary N) is 6. The molecule has 1 unspecified atom stereocenters. The third-order valence-electron chi connectivity index (χ3n) is 23.8. The molecule has 0 aliphatic carbocycles. The van der Waals surface area contributed by atoms with Gasteiger partial charge in [-0.3, -0.25) is 103 Å². The van der Waals surface area contributed by atoms with Crippen molar-refractivity contribution in [2.45, 2.75) is 99.1 Å². The van der Waals surface area contributed by atoms with E-state index in [2.05, 4.69) is 61.7 Å². The lowest BCUT2D eigenvalue weighted by Gasteiger charge is -2.31. The summed E-state index contributed by atoms with van der Waals surface area (Å²) in [4.78, 5) is 232. The van der Waals surface area contributed by atoms with E-state index in [1.807, 2.05) is 119 Å². The van der Waals surface area contributed by atoms with Gasteiger partial charge in [0.15, 0.2) is 61.6 Å². The summed E-state index contributed by atoms with van der Waals surface area (Å²) in [6, 6.07) is 43.6. The highest BCUT2D eigenvalue weighted by atomic mass is 16.2. The number of amides is 6. The number of imidazole rings is 5. The zero-order chi connectivity index (χ0) is 101. The Morgan fingerprint density at radius 3 is 1.12 bits per heavy atom. The minimum absolute atomic E-state index is 0.0483. The topological polar surface area (TPSA) is 504 Å².